The highest BCUT2D eigenvalue weighted by molar-refractivity contribution is 6.07. The number of nitrogens with zero attached hydrogens (tertiary/aromatic N) is 3. The van der Waals surface area contributed by atoms with Crippen molar-refractivity contribution < 1.29 is 4.42 Å². The van der Waals surface area contributed by atoms with Crippen molar-refractivity contribution in [1.82, 2.24) is 15.0 Å². The Morgan fingerprint density at radius 3 is 2.94 bits per heavy atom. The fraction of sp³-hybridized carbons (Fsp3) is 0. The second-order valence-electron chi connectivity index (χ2n) is 3.91. The number of rotatable bonds is 0. The molecule has 0 amide bonds. The zero-order valence-electron chi connectivity index (χ0n) is 8.79. The molecule has 17 heavy (non-hydrogen) atoms. The van der Waals surface area contributed by atoms with Crippen LogP contribution < -0.4 is 0 Å². The number of hydrogen-bond donors (Lipinski definition) is 0. The van der Waals surface area contributed by atoms with E-state index in [-0.39, 0.29) is 0 Å². The van der Waals surface area contributed by atoms with Gasteiger partial charge in [-0.3, -0.25) is 4.98 Å². The minimum Gasteiger partial charge on any atom is -0.453 e. The second kappa shape index (κ2) is 3.01. The van der Waals surface area contributed by atoms with Gasteiger partial charge in [0.25, 0.3) is 0 Å². The zero-order chi connectivity index (χ0) is 11.2. The summed E-state index contributed by atoms with van der Waals surface area (Å²) in [6, 6.07) is 6.03. The van der Waals surface area contributed by atoms with Gasteiger partial charge in [0, 0.05) is 23.2 Å². The van der Waals surface area contributed by atoms with Crippen LogP contribution in [0.2, 0.25) is 0 Å². The molecule has 4 nitrogen and oxygen atoms in total. The van der Waals surface area contributed by atoms with Gasteiger partial charge in [0.2, 0.25) is 0 Å². The molecule has 0 N–H and O–H groups in total. The van der Waals surface area contributed by atoms with Gasteiger partial charge in [0.1, 0.15) is 17.4 Å². The first kappa shape index (κ1) is 8.64. The van der Waals surface area contributed by atoms with Crippen LogP contribution in [0.4, 0.5) is 0 Å². The van der Waals surface area contributed by atoms with Crippen LogP contribution in [0.25, 0.3) is 32.8 Å². The summed E-state index contributed by atoms with van der Waals surface area (Å²) in [7, 11) is 0. The number of benzene rings is 1. The standard InChI is InChI=1S/C13H7N3O/c1-2-14-5-9-3-10-11(4-8(1)9)17-12-6-15-7-16-13(10)12/h1-7H. The van der Waals surface area contributed by atoms with Crippen molar-refractivity contribution in [3.05, 3.63) is 43.1 Å². The molecule has 0 aliphatic rings. The van der Waals surface area contributed by atoms with Gasteiger partial charge in [0.05, 0.1) is 6.20 Å². The molecule has 4 aromatic rings. The molecule has 0 unspecified atom stereocenters. The van der Waals surface area contributed by atoms with Gasteiger partial charge >= 0.3 is 0 Å². The highest BCUT2D eigenvalue weighted by Gasteiger charge is 2.08. The van der Waals surface area contributed by atoms with Crippen LogP contribution in [0.1, 0.15) is 0 Å². The third-order valence-corrected chi connectivity index (χ3v) is 2.89. The summed E-state index contributed by atoms with van der Waals surface area (Å²) < 4.78 is 5.72. The molecule has 0 saturated carbocycles. The maximum absolute atomic E-state index is 5.72. The van der Waals surface area contributed by atoms with Crippen molar-refractivity contribution in [3.8, 4) is 0 Å². The molecule has 3 heterocycles. The molecule has 4 heteroatoms. The maximum atomic E-state index is 5.72. The first-order chi connectivity index (χ1) is 8.42. The Morgan fingerprint density at radius 2 is 1.94 bits per heavy atom. The first-order valence-electron chi connectivity index (χ1n) is 5.28. The van der Waals surface area contributed by atoms with Gasteiger partial charge in [0.15, 0.2) is 5.58 Å². The Bertz CT molecular complexity index is 845. The van der Waals surface area contributed by atoms with E-state index in [1.807, 2.05) is 18.3 Å². The number of pyridine rings is 1. The molecule has 0 bridgehead atoms. The third kappa shape index (κ3) is 1.15. The molecular weight excluding hydrogens is 214 g/mol. The van der Waals surface area contributed by atoms with Crippen LogP contribution >= 0.6 is 0 Å². The Labute approximate surface area is 95.9 Å². The Balaban J connectivity index is 2.28. The maximum Gasteiger partial charge on any atom is 0.172 e. The van der Waals surface area contributed by atoms with E-state index in [9.17, 15) is 0 Å². The van der Waals surface area contributed by atoms with Gasteiger partial charge in [-0.1, -0.05) is 0 Å². The van der Waals surface area contributed by atoms with Crippen molar-refractivity contribution in [2.45, 2.75) is 0 Å². The van der Waals surface area contributed by atoms with Gasteiger partial charge in [-0.15, -0.1) is 0 Å². The molecule has 4 rings (SSSR count). The second-order valence-corrected chi connectivity index (χ2v) is 3.91. The normalized spacial score (nSPS) is 11.5. The lowest BCUT2D eigenvalue weighted by molar-refractivity contribution is 0.666. The van der Waals surface area contributed by atoms with Gasteiger partial charge in [-0.05, 0) is 23.6 Å². The van der Waals surface area contributed by atoms with E-state index in [2.05, 4.69) is 21.0 Å². The molecule has 0 aliphatic heterocycles. The molecule has 0 aliphatic carbocycles. The monoisotopic (exact) mass is 221 g/mol. The Kier molecular flexibility index (Phi) is 1.53. The SMILES string of the molecule is c1cc2cc3oc4cncnc4c3cc2cn1. The average Bonchev–Trinajstić information content (AvgIpc) is 2.73. The topological polar surface area (TPSA) is 51.8 Å². The summed E-state index contributed by atoms with van der Waals surface area (Å²) in [6.07, 6.45) is 6.83. The van der Waals surface area contributed by atoms with Crippen molar-refractivity contribution in [1.29, 1.82) is 0 Å². The molecule has 0 spiro atoms. The van der Waals surface area contributed by atoms with E-state index in [4.69, 9.17) is 4.42 Å². The highest BCUT2D eigenvalue weighted by atomic mass is 16.3. The summed E-state index contributed by atoms with van der Waals surface area (Å²) in [5.41, 5.74) is 2.39. The molecule has 1 aromatic carbocycles. The van der Waals surface area contributed by atoms with Gasteiger partial charge in [-0.2, -0.15) is 0 Å². The largest absolute Gasteiger partial charge is 0.453 e. The van der Waals surface area contributed by atoms with E-state index in [1.54, 1.807) is 12.4 Å². The molecule has 3 aromatic heterocycles. The predicted octanol–water partition coefficient (Wildman–Crippen LogP) is 2.92. The van der Waals surface area contributed by atoms with Crippen LogP contribution in [-0.2, 0) is 0 Å². The minimum atomic E-state index is 0.714. The lowest BCUT2D eigenvalue weighted by atomic mass is 10.1. The Hall–Kier alpha value is -2.49. The lowest BCUT2D eigenvalue weighted by Crippen LogP contribution is -1.77. The summed E-state index contributed by atoms with van der Waals surface area (Å²) in [5.74, 6) is 0. The molecular formula is C13H7N3O. The summed E-state index contributed by atoms with van der Waals surface area (Å²) >= 11 is 0. The molecule has 0 fully saturated rings. The van der Waals surface area contributed by atoms with Gasteiger partial charge in [-0.25, -0.2) is 9.97 Å². The van der Waals surface area contributed by atoms with E-state index < -0.39 is 0 Å². The first-order valence-corrected chi connectivity index (χ1v) is 5.28. The smallest absolute Gasteiger partial charge is 0.172 e. The lowest BCUT2D eigenvalue weighted by Gasteiger charge is -1.95. The fourth-order valence-electron chi connectivity index (χ4n) is 2.10. The van der Waals surface area contributed by atoms with E-state index >= 15 is 0 Å². The Morgan fingerprint density at radius 1 is 0.941 bits per heavy atom. The summed E-state index contributed by atoms with van der Waals surface area (Å²) in [4.78, 5) is 12.3. The van der Waals surface area contributed by atoms with Crippen molar-refractivity contribution in [2.24, 2.45) is 0 Å². The quantitative estimate of drug-likeness (QED) is 0.458. The number of fused-ring (bicyclic) bond motifs is 4. The molecule has 0 radical (unpaired) electrons. The third-order valence-electron chi connectivity index (χ3n) is 2.89. The molecule has 0 atom stereocenters. The van der Waals surface area contributed by atoms with Crippen LogP contribution in [0, 0.1) is 0 Å². The van der Waals surface area contributed by atoms with Crippen LogP contribution in [0.3, 0.4) is 0 Å². The number of hydrogen-bond acceptors (Lipinski definition) is 4. The van der Waals surface area contributed by atoms with Crippen LogP contribution in [0.5, 0.6) is 0 Å². The van der Waals surface area contributed by atoms with Crippen molar-refractivity contribution in [3.63, 3.8) is 0 Å². The number of aromatic nitrogens is 3. The van der Waals surface area contributed by atoms with Crippen molar-refractivity contribution in [2.75, 3.05) is 0 Å². The number of furan rings is 1. The summed E-state index contributed by atoms with van der Waals surface area (Å²) in [6.45, 7) is 0. The van der Waals surface area contributed by atoms with Crippen molar-refractivity contribution >= 4 is 32.8 Å². The average molecular weight is 221 g/mol. The van der Waals surface area contributed by atoms with E-state index in [0.29, 0.717) is 5.58 Å². The van der Waals surface area contributed by atoms with Crippen LogP contribution in [0.15, 0.2) is 47.5 Å². The van der Waals surface area contributed by atoms with E-state index in [0.717, 1.165) is 27.3 Å². The zero-order valence-corrected chi connectivity index (χ0v) is 8.79. The summed E-state index contributed by atoms with van der Waals surface area (Å²) in [5, 5.41) is 3.20. The fourth-order valence-corrected chi connectivity index (χ4v) is 2.10. The van der Waals surface area contributed by atoms with Crippen LogP contribution in [-0.4, -0.2) is 15.0 Å². The predicted molar refractivity (Wildman–Crippen MR) is 64.6 cm³/mol. The van der Waals surface area contributed by atoms with Gasteiger partial charge < -0.3 is 4.42 Å². The highest BCUT2D eigenvalue weighted by Crippen LogP contribution is 2.29. The molecule has 0 saturated heterocycles. The van der Waals surface area contributed by atoms with E-state index in [1.165, 1.54) is 6.33 Å². The molecule has 80 valence electrons. The minimum absolute atomic E-state index is 0.714.